The molecule has 1 aliphatic heterocycles. The first kappa shape index (κ1) is 11.9. The number of aliphatic hydroxyl groups is 1. The van der Waals surface area contributed by atoms with Crippen molar-refractivity contribution in [2.75, 3.05) is 18.1 Å². The topological polar surface area (TPSA) is 49.5 Å². The van der Waals surface area contributed by atoms with Gasteiger partial charge in [0.05, 0.1) is 6.61 Å². The van der Waals surface area contributed by atoms with Crippen molar-refractivity contribution in [3.05, 3.63) is 54.3 Å². The van der Waals surface area contributed by atoms with E-state index in [1.54, 1.807) is 0 Å². The third-order valence-electron chi connectivity index (χ3n) is 2.84. The minimum atomic E-state index is -0.158. The normalized spacial score (nSPS) is 16.8. The van der Waals surface area contributed by atoms with Crippen LogP contribution in [0.4, 0.5) is 5.69 Å². The number of para-hydroxylation sites is 1. The molecule has 2 rings (SSSR count). The van der Waals surface area contributed by atoms with Gasteiger partial charge in [-0.3, -0.25) is 0 Å². The molecule has 0 spiro atoms. The Kier molecular flexibility index (Phi) is 3.96. The number of aliphatic hydroxyl groups excluding tert-OH is 1. The van der Waals surface area contributed by atoms with E-state index < -0.39 is 0 Å². The van der Waals surface area contributed by atoms with Crippen LogP contribution in [-0.4, -0.2) is 24.3 Å². The van der Waals surface area contributed by atoms with Crippen molar-refractivity contribution < 1.29 is 5.11 Å². The van der Waals surface area contributed by atoms with Gasteiger partial charge in [0, 0.05) is 24.5 Å². The van der Waals surface area contributed by atoms with Gasteiger partial charge in [-0.05, 0) is 30.2 Å². The summed E-state index contributed by atoms with van der Waals surface area (Å²) < 4.78 is 0. The summed E-state index contributed by atoms with van der Waals surface area (Å²) in [5.74, 6) is 0. The first-order valence-electron chi connectivity index (χ1n) is 5.85. The highest BCUT2D eigenvalue weighted by molar-refractivity contribution is 5.52. The maximum Gasteiger partial charge on any atom is 0.0585 e. The van der Waals surface area contributed by atoms with Gasteiger partial charge in [-0.2, -0.15) is 0 Å². The lowest BCUT2D eigenvalue weighted by Crippen LogP contribution is -2.26. The van der Waals surface area contributed by atoms with Crippen LogP contribution in [-0.2, 0) is 0 Å². The lowest BCUT2D eigenvalue weighted by atomic mass is 10.0. The molecule has 0 fully saturated rings. The molecule has 0 saturated carbocycles. The van der Waals surface area contributed by atoms with Crippen molar-refractivity contribution in [1.29, 1.82) is 0 Å². The molecule has 90 valence electrons. The van der Waals surface area contributed by atoms with Gasteiger partial charge in [0.25, 0.3) is 0 Å². The maximum absolute atomic E-state index is 8.91. The number of hydrogen-bond acceptors (Lipinski definition) is 3. The van der Waals surface area contributed by atoms with Gasteiger partial charge >= 0.3 is 0 Å². The van der Waals surface area contributed by atoms with Crippen LogP contribution in [0.15, 0.2) is 54.3 Å². The Morgan fingerprint density at radius 1 is 1.29 bits per heavy atom. The molecule has 3 heteroatoms. The molecular weight excluding hydrogens is 212 g/mol. The second kappa shape index (κ2) is 5.66. The predicted molar refractivity (Wildman–Crippen MR) is 70.7 cm³/mol. The van der Waals surface area contributed by atoms with Crippen LogP contribution >= 0.6 is 0 Å². The van der Waals surface area contributed by atoms with Crippen molar-refractivity contribution in [1.82, 2.24) is 0 Å². The highest BCUT2D eigenvalue weighted by atomic mass is 16.3. The van der Waals surface area contributed by atoms with Gasteiger partial charge in [-0.1, -0.05) is 24.3 Å². The molecule has 1 atom stereocenters. The van der Waals surface area contributed by atoms with Crippen molar-refractivity contribution in [3.8, 4) is 0 Å². The van der Waals surface area contributed by atoms with E-state index in [4.69, 9.17) is 10.8 Å². The van der Waals surface area contributed by atoms with Gasteiger partial charge in [0.2, 0.25) is 0 Å². The zero-order valence-corrected chi connectivity index (χ0v) is 9.79. The van der Waals surface area contributed by atoms with E-state index in [2.05, 4.69) is 35.4 Å². The summed E-state index contributed by atoms with van der Waals surface area (Å²) in [5, 5.41) is 8.91. The monoisotopic (exact) mass is 230 g/mol. The lowest BCUT2D eigenvalue weighted by Gasteiger charge is -2.23. The van der Waals surface area contributed by atoms with Crippen LogP contribution < -0.4 is 10.6 Å². The summed E-state index contributed by atoms with van der Waals surface area (Å²) in [4.78, 5) is 2.17. The van der Waals surface area contributed by atoms with Crippen LogP contribution in [0, 0.1) is 0 Å². The number of anilines is 1. The third kappa shape index (κ3) is 3.19. The highest BCUT2D eigenvalue weighted by Gasteiger charge is 2.08. The van der Waals surface area contributed by atoms with Crippen molar-refractivity contribution in [2.24, 2.45) is 5.73 Å². The Morgan fingerprint density at radius 2 is 2.06 bits per heavy atom. The molecule has 0 amide bonds. The van der Waals surface area contributed by atoms with Gasteiger partial charge in [-0.25, -0.2) is 0 Å². The molecule has 0 aliphatic carbocycles. The summed E-state index contributed by atoms with van der Waals surface area (Å²) in [5.41, 5.74) is 8.09. The number of nitrogens with two attached hydrogens (primary N) is 1. The van der Waals surface area contributed by atoms with E-state index in [1.807, 2.05) is 18.2 Å². The fourth-order valence-electron chi connectivity index (χ4n) is 1.86. The highest BCUT2D eigenvalue weighted by Crippen LogP contribution is 2.19. The minimum absolute atomic E-state index is 0.0353. The van der Waals surface area contributed by atoms with Crippen LogP contribution in [0.1, 0.15) is 6.42 Å². The number of allylic oxidation sites excluding steroid dienone is 1. The van der Waals surface area contributed by atoms with Gasteiger partial charge in [0.1, 0.15) is 0 Å². The SMILES string of the molecule is N[C@@H](CO)CC1=CCN(c2ccccc2)C=C1. The van der Waals surface area contributed by atoms with Crippen LogP contribution in [0.3, 0.4) is 0 Å². The molecule has 0 bridgehead atoms. The average molecular weight is 230 g/mol. The smallest absolute Gasteiger partial charge is 0.0585 e. The Bertz CT molecular complexity index is 411. The largest absolute Gasteiger partial charge is 0.395 e. The van der Waals surface area contributed by atoms with Crippen LogP contribution in [0.25, 0.3) is 0 Å². The third-order valence-corrected chi connectivity index (χ3v) is 2.84. The zero-order chi connectivity index (χ0) is 12.1. The van der Waals surface area contributed by atoms with E-state index in [-0.39, 0.29) is 12.6 Å². The fourth-order valence-corrected chi connectivity index (χ4v) is 1.86. The lowest BCUT2D eigenvalue weighted by molar-refractivity contribution is 0.265. The number of benzene rings is 1. The second-order valence-electron chi connectivity index (χ2n) is 4.23. The van der Waals surface area contributed by atoms with Crippen molar-refractivity contribution in [3.63, 3.8) is 0 Å². The molecule has 3 nitrogen and oxygen atoms in total. The average Bonchev–Trinajstić information content (AvgIpc) is 2.40. The molecule has 0 unspecified atom stereocenters. The second-order valence-corrected chi connectivity index (χ2v) is 4.23. The van der Waals surface area contributed by atoms with Crippen LogP contribution in [0.2, 0.25) is 0 Å². The molecule has 1 aromatic carbocycles. The zero-order valence-electron chi connectivity index (χ0n) is 9.79. The summed E-state index contributed by atoms with van der Waals surface area (Å²) >= 11 is 0. The Labute approximate surface area is 102 Å². The number of nitrogens with zero attached hydrogens (tertiary/aromatic N) is 1. The minimum Gasteiger partial charge on any atom is -0.395 e. The summed E-state index contributed by atoms with van der Waals surface area (Å²) in [6.45, 7) is 0.890. The number of rotatable bonds is 4. The van der Waals surface area contributed by atoms with E-state index in [0.29, 0.717) is 0 Å². The Hall–Kier alpha value is -1.58. The van der Waals surface area contributed by atoms with E-state index >= 15 is 0 Å². The Morgan fingerprint density at radius 3 is 2.65 bits per heavy atom. The van der Waals surface area contributed by atoms with E-state index in [9.17, 15) is 0 Å². The molecule has 0 radical (unpaired) electrons. The summed E-state index contributed by atoms with van der Waals surface area (Å²) in [7, 11) is 0. The quantitative estimate of drug-likeness (QED) is 0.827. The molecule has 1 aromatic rings. The van der Waals surface area contributed by atoms with Gasteiger partial charge < -0.3 is 15.7 Å². The van der Waals surface area contributed by atoms with Gasteiger partial charge in [-0.15, -0.1) is 0 Å². The maximum atomic E-state index is 8.91. The molecule has 17 heavy (non-hydrogen) atoms. The summed E-state index contributed by atoms with van der Waals surface area (Å²) in [6, 6.07) is 10.1. The first-order valence-corrected chi connectivity index (χ1v) is 5.85. The standard InChI is InChI=1S/C14H18N2O/c15-13(11-17)10-12-6-8-16(9-7-12)14-4-2-1-3-5-14/h1-8,13,17H,9-11,15H2/t13-/m1/s1. The van der Waals surface area contributed by atoms with E-state index in [0.717, 1.165) is 13.0 Å². The van der Waals surface area contributed by atoms with E-state index in [1.165, 1.54) is 11.3 Å². The first-order chi connectivity index (χ1) is 8.29. The molecule has 1 aliphatic rings. The van der Waals surface area contributed by atoms with Crippen molar-refractivity contribution >= 4 is 5.69 Å². The molecule has 1 heterocycles. The predicted octanol–water partition coefficient (Wildman–Crippen LogP) is 1.66. The molecule has 0 aromatic heterocycles. The van der Waals surface area contributed by atoms with Crippen LogP contribution in [0.5, 0.6) is 0 Å². The van der Waals surface area contributed by atoms with Gasteiger partial charge in [0.15, 0.2) is 0 Å². The Balaban J connectivity index is 1.96. The molecule has 3 N–H and O–H groups in total. The summed E-state index contributed by atoms with van der Waals surface area (Å²) in [6.07, 6.45) is 7.01. The van der Waals surface area contributed by atoms with Crippen molar-refractivity contribution in [2.45, 2.75) is 12.5 Å². The molecule has 0 saturated heterocycles. The molecular formula is C14H18N2O. The fraction of sp³-hybridized carbons (Fsp3) is 0.286. The number of hydrogen-bond donors (Lipinski definition) is 2.